The molecule has 4 rings (SSSR count). The van der Waals surface area contributed by atoms with Crippen LogP contribution in [0.1, 0.15) is 13.3 Å². The van der Waals surface area contributed by atoms with Gasteiger partial charge in [0.2, 0.25) is 9.84 Å². The van der Waals surface area contributed by atoms with Crippen molar-refractivity contribution >= 4 is 43.5 Å². The Balaban J connectivity index is 1.85. The largest absolute Gasteiger partial charge is 0.481 e. The van der Waals surface area contributed by atoms with Gasteiger partial charge in [-0.05, 0) is 48.9 Å². The lowest BCUT2D eigenvalue weighted by Gasteiger charge is -2.16. The number of fused-ring (bicyclic) bond motifs is 1. The van der Waals surface area contributed by atoms with E-state index < -0.39 is 39.0 Å². The normalized spacial score (nSPS) is 15.5. The van der Waals surface area contributed by atoms with Crippen molar-refractivity contribution in [3.8, 4) is 0 Å². The van der Waals surface area contributed by atoms with Gasteiger partial charge in [-0.1, -0.05) is 0 Å². The number of anilines is 2. The fraction of sp³-hybridized carbons (Fsp3) is 0.190. The van der Waals surface area contributed by atoms with Gasteiger partial charge in [-0.2, -0.15) is 0 Å². The first-order valence-corrected chi connectivity index (χ1v) is 11.7. The zero-order valence-electron chi connectivity index (χ0n) is 16.6. The van der Waals surface area contributed by atoms with Gasteiger partial charge in [-0.3, -0.25) is 9.79 Å². The molecule has 0 fully saturated rings. The van der Waals surface area contributed by atoms with Crippen molar-refractivity contribution in [3.05, 3.63) is 64.4 Å². The maximum absolute atomic E-state index is 14.9. The number of rotatable bonds is 6. The van der Waals surface area contributed by atoms with E-state index in [0.717, 1.165) is 16.9 Å². The first-order valence-electron chi connectivity index (χ1n) is 9.29. The van der Waals surface area contributed by atoms with E-state index in [4.69, 9.17) is 0 Å². The number of benzene rings is 2. The Kier molecular flexibility index (Phi) is 5.36. The molecule has 31 heavy (non-hydrogen) atoms. The Morgan fingerprint density at radius 2 is 1.94 bits per heavy atom. The lowest BCUT2D eigenvalue weighted by atomic mass is 10.0. The van der Waals surface area contributed by atoms with Crippen LogP contribution in [0, 0.1) is 5.82 Å². The minimum Gasteiger partial charge on any atom is -0.481 e. The standard InChI is InChI=1S/C21H18FN3O4S2/c1-12-15(11-18(26)27)19-17(24-12)8-7-16(22)20(19)31(28,29)14-5-3-13(4-6-14)25(2)21-23-9-10-30-21/h3-10,12H,11H2,1-2H3,(H,26,27). The van der Waals surface area contributed by atoms with Crippen LogP contribution in [0.3, 0.4) is 0 Å². The van der Waals surface area contributed by atoms with Gasteiger partial charge < -0.3 is 10.0 Å². The number of halogens is 1. The number of carboxylic acid groups (broad SMARTS) is 1. The number of sulfone groups is 1. The van der Waals surface area contributed by atoms with Crippen LogP contribution >= 0.6 is 11.3 Å². The summed E-state index contributed by atoms with van der Waals surface area (Å²) in [6.45, 7) is 1.66. The average molecular weight is 460 g/mol. The summed E-state index contributed by atoms with van der Waals surface area (Å²) in [5, 5.41) is 12.2. The van der Waals surface area contributed by atoms with Gasteiger partial charge in [0.15, 0.2) is 5.13 Å². The zero-order chi connectivity index (χ0) is 22.3. The lowest BCUT2D eigenvalue weighted by Crippen LogP contribution is -2.32. The summed E-state index contributed by atoms with van der Waals surface area (Å²) in [6, 6.07) is 7.92. The van der Waals surface area contributed by atoms with Gasteiger partial charge in [0.05, 0.1) is 22.7 Å². The molecule has 0 saturated heterocycles. The third-order valence-electron chi connectivity index (χ3n) is 5.10. The second kappa shape index (κ2) is 7.86. The van der Waals surface area contributed by atoms with Crippen LogP contribution in [0.25, 0.3) is 5.57 Å². The van der Waals surface area contributed by atoms with Crippen LogP contribution in [0.2, 0.25) is 0 Å². The monoisotopic (exact) mass is 459 g/mol. The number of carbonyl (C=O) groups is 1. The molecule has 0 spiro atoms. The highest BCUT2D eigenvalue weighted by Gasteiger charge is 2.29. The fourth-order valence-electron chi connectivity index (χ4n) is 3.58. The van der Waals surface area contributed by atoms with Crippen LogP contribution in [0.5, 0.6) is 0 Å². The number of nitrogens with zero attached hydrogens (tertiary/aromatic N) is 3. The molecule has 1 atom stereocenters. The molecule has 2 aromatic carbocycles. The molecular formula is C21H18FN3O4S2. The van der Waals surface area contributed by atoms with E-state index >= 15 is 0 Å². The first-order chi connectivity index (χ1) is 14.7. The predicted molar refractivity (Wildman–Crippen MR) is 114 cm³/mol. The van der Waals surface area contributed by atoms with Crippen molar-refractivity contribution < 1.29 is 22.7 Å². The highest BCUT2D eigenvalue weighted by Crippen LogP contribution is 2.28. The Labute approximate surface area is 181 Å². The second-order valence-corrected chi connectivity index (χ2v) is 9.80. The van der Waals surface area contributed by atoms with Gasteiger partial charge in [-0.25, -0.2) is 17.8 Å². The van der Waals surface area contributed by atoms with Crippen molar-refractivity contribution in [1.82, 2.24) is 4.98 Å². The van der Waals surface area contributed by atoms with Crippen molar-refractivity contribution in [3.63, 3.8) is 0 Å². The number of aromatic nitrogens is 1. The van der Waals surface area contributed by atoms with Gasteiger partial charge in [-0.15, -0.1) is 11.3 Å². The van der Waals surface area contributed by atoms with E-state index in [2.05, 4.69) is 9.98 Å². The number of hydrogen-bond donors (Lipinski definition) is 1. The molecule has 1 unspecified atom stereocenters. The van der Waals surface area contributed by atoms with Gasteiger partial charge >= 0.3 is 5.97 Å². The summed E-state index contributed by atoms with van der Waals surface area (Å²) < 4.78 is 41.7. The molecule has 0 aliphatic carbocycles. The van der Waals surface area contributed by atoms with Crippen molar-refractivity contribution in [2.24, 2.45) is 4.99 Å². The summed E-state index contributed by atoms with van der Waals surface area (Å²) in [4.78, 5) is 21.0. The molecule has 10 heteroatoms. The maximum Gasteiger partial charge on any atom is 0.307 e. The Bertz CT molecular complexity index is 1390. The molecular weight excluding hydrogens is 441 g/mol. The van der Waals surface area contributed by atoms with E-state index in [1.54, 1.807) is 30.2 Å². The van der Waals surface area contributed by atoms with Crippen LogP contribution in [0.15, 0.2) is 62.8 Å². The second-order valence-electron chi connectivity index (χ2n) is 7.04. The first kappa shape index (κ1) is 21.1. The molecule has 0 amide bonds. The molecule has 1 aromatic heterocycles. The van der Waals surface area contributed by atoms with Crippen molar-refractivity contribution in [1.29, 1.82) is 0 Å². The van der Waals surface area contributed by atoms with Crippen LogP contribution in [-0.4, -0.2) is 37.6 Å². The molecule has 7 nitrogen and oxygen atoms in total. The minimum absolute atomic E-state index is 0.0545. The Hall–Kier alpha value is -3.11. The van der Waals surface area contributed by atoms with E-state index in [1.165, 1.54) is 29.5 Å². The van der Waals surface area contributed by atoms with Crippen LogP contribution < -0.4 is 15.5 Å². The van der Waals surface area contributed by atoms with Crippen LogP contribution in [0.4, 0.5) is 15.2 Å². The predicted octanol–water partition coefficient (Wildman–Crippen LogP) is 2.53. The summed E-state index contributed by atoms with van der Waals surface area (Å²) in [5.41, 5.74) is 0.995. The smallest absolute Gasteiger partial charge is 0.307 e. The summed E-state index contributed by atoms with van der Waals surface area (Å²) in [5.74, 6) is -2.07. The van der Waals surface area contributed by atoms with Crippen LogP contribution in [-0.2, 0) is 14.6 Å². The number of aliphatic carboxylic acids is 1. The molecule has 0 bridgehead atoms. The van der Waals surface area contributed by atoms with Gasteiger partial charge in [0, 0.05) is 29.5 Å². The van der Waals surface area contributed by atoms with Gasteiger partial charge in [0.1, 0.15) is 10.7 Å². The number of thiazole rings is 1. The maximum atomic E-state index is 14.9. The summed E-state index contributed by atoms with van der Waals surface area (Å²) in [7, 11) is -2.46. The van der Waals surface area contributed by atoms with E-state index in [9.17, 15) is 22.7 Å². The SMILES string of the molecule is CC1N=c2ccc(F)c(S(=O)(=O)c3ccc(N(C)c4nccs4)cc3)c2=C1CC(=O)O. The third kappa shape index (κ3) is 3.72. The number of carboxylic acids is 1. The molecule has 3 aromatic rings. The summed E-state index contributed by atoms with van der Waals surface area (Å²) >= 11 is 1.44. The van der Waals surface area contributed by atoms with Gasteiger partial charge in [0.25, 0.3) is 0 Å². The van der Waals surface area contributed by atoms with E-state index in [1.807, 2.05) is 12.4 Å². The molecule has 1 N–H and O–H groups in total. The van der Waals surface area contributed by atoms with Crippen molar-refractivity contribution in [2.75, 3.05) is 11.9 Å². The molecule has 160 valence electrons. The number of hydrogen-bond acceptors (Lipinski definition) is 7. The quantitative estimate of drug-likeness (QED) is 0.608. The average Bonchev–Trinajstić information content (AvgIpc) is 3.36. The van der Waals surface area contributed by atoms with E-state index in [-0.39, 0.29) is 21.0 Å². The molecule has 2 heterocycles. The molecule has 0 saturated carbocycles. The third-order valence-corrected chi connectivity index (χ3v) is 7.77. The Morgan fingerprint density at radius 1 is 1.23 bits per heavy atom. The highest BCUT2D eigenvalue weighted by molar-refractivity contribution is 7.91. The Morgan fingerprint density at radius 3 is 2.55 bits per heavy atom. The highest BCUT2D eigenvalue weighted by atomic mass is 32.2. The molecule has 1 aliphatic heterocycles. The molecule has 0 radical (unpaired) electrons. The summed E-state index contributed by atoms with van der Waals surface area (Å²) in [6.07, 6.45) is 1.26. The lowest BCUT2D eigenvalue weighted by molar-refractivity contribution is -0.135. The van der Waals surface area contributed by atoms with E-state index in [0.29, 0.717) is 0 Å². The molecule has 1 aliphatic rings. The topological polar surface area (TPSA) is 99.9 Å². The fourth-order valence-corrected chi connectivity index (χ4v) is 5.77. The zero-order valence-corrected chi connectivity index (χ0v) is 18.2. The minimum atomic E-state index is -4.26. The van der Waals surface area contributed by atoms with Crippen molar-refractivity contribution in [2.45, 2.75) is 29.2 Å².